The van der Waals surface area contributed by atoms with Crippen LogP contribution in [0.2, 0.25) is 6.04 Å². The van der Waals surface area contributed by atoms with E-state index in [1.165, 1.54) is 19.3 Å². The minimum atomic E-state index is -2.58. The number of methoxy groups -OCH3 is 1. The molecule has 0 aliphatic rings. The van der Waals surface area contributed by atoms with E-state index in [9.17, 15) is 9.59 Å². The fourth-order valence-corrected chi connectivity index (χ4v) is 4.35. The molecule has 2 aromatic rings. The number of halogens is 3. The lowest BCUT2D eigenvalue weighted by atomic mass is 10.2. The molecule has 0 aromatic heterocycles. The molecule has 0 saturated carbocycles. The first-order chi connectivity index (χ1) is 14.7. The zero-order valence-corrected chi connectivity index (χ0v) is 19.9. The maximum absolute atomic E-state index is 12.4. The molecule has 0 saturated heterocycles. The number of benzene rings is 2. The molecule has 0 spiro atoms. The molecule has 2 aromatic carbocycles. The monoisotopic (exact) mass is 502 g/mol. The Morgan fingerprint density at radius 3 is 2.35 bits per heavy atom. The Labute approximate surface area is 195 Å². The molecule has 0 heterocycles. The van der Waals surface area contributed by atoms with Gasteiger partial charge >= 0.3 is 17.9 Å². The summed E-state index contributed by atoms with van der Waals surface area (Å²) in [5, 5.41) is 9.03. The molecule has 0 atom stereocenters. The Bertz CT molecular complexity index is 925. The summed E-state index contributed by atoms with van der Waals surface area (Å²) < 4.78 is 15.8. The van der Waals surface area contributed by atoms with Crippen LogP contribution in [-0.2, 0) is 9.53 Å². The average molecular weight is 504 g/mol. The number of carboxylic acids is 1. The Kier molecular flexibility index (Phi) is 9.70. The molecule has 0 bridgehead atoms. The van der Waals surface area contributed by atoms with Gasteiger partial charge in [0.05, 0.1) is 19.3 Å². The molecule has 10 heteroatoms. The van der Waals surface area contributed by atoms with Gasteiger partial charge in [0.15, 0.2) is 0 Å². The molecule has 0 unspecified atom stereocenters. The molecular weight excluding hydrogens is 483 g/mol. The molecule has 0 aliphatic heterocycles. The second-order valence-electron chi connectivity index (χ2n) is 6.42. The molecule has 2 rings (SSSR count). The van der Waals surface area contributed by atoms with Gasteiger partial charge in [-0.05, 0) is 66.9 Å². The normalized spacial score (nSPS) is 11.7. The summed E-state index contributed by atoms with van der Waals surface area (Å²) in [6.07, 6.45) is 2.88. The fourth-order valence-electron chi connectivity index (χ4n) is 2.50. The van der Waals surface area contributed by atoms with Crippen LogP contribution in [0.1, 0.15) is 28.8 Å². The number of carbonyl (C=O) groups excluding carboxylic acids is 1. The summed E-state index contributed by atoms with van der Waals surface area (Å²) in [5.74, 6) is -1.08. The number of esters is 1. The summed E-state index contributed by atoms with van der Waals surface area (Å²) in [4.78, 5) is 23.4. The minimum Gasteiger partial charge on any atom is -0.494 e. The standard InChI is InChI=1S/C21H21Cl3O6Si/c1-28-19(20(25)26)14-15-5-4-6-18(13-15)30-21(27)16-7-9-17(10-8-16)29-11-2-3-12-31(22,23)24/h4-10,13-14H,2-3,11-12H2,1H3,(H,25,26)/b19-14+. The second-order valence-corrected chi connectivity index (χ2v) is 15.7. The van der Waals surface area contributed by atoms with Crippen molar-refractivity contribution in [2.24, 2.45) is 0 Å². The summed E-state index contributed by atoms with van der Waals surface area (Å²) in [7, 11) is 1.27. The van der Waals surface area contributed by atoms with Crippen molar-refractivity contribution in [2.45, 2.75) is 18.9 Å². The fraction of sp³-hybridized carbons (Fsp3) is 0.238. The molecular formula is C21H21Cl3O6Si. The quantitative estimate of drug-likeness (QED) is 0.0794. The van der Waals surface area contributed by atoms with Crippen molar-refractivity contribution < 1.29 is 28.9 Å². The first-order valence-electron chi connectivity index (χ1n) is 9.29. The Morgan fingerprint density at radius 1 is 1.03 bits per heavy atom. The van der Waals surface area contributed by atoms with Gasteiger partial charge in [-0.25, -0.2) is 9.59 Å². The van der Waals surface area contributed by atoms with Crippen molar-refractivity contribution in [3.8, 4) is 11.5 Å². The molecule has 0 fully saturated rings. The van der Waals surface area contributed by atoms with Gasteiger partial charge in [-0.3, -0.25) is 0 Å². The number of aliphatic carboxylic acids is 1. The number of hydrogen-bond donors (Lipinski definition) is 1. The third-order valence-corrected chi connectivity index (χ3v) is 6.63. The Balaban J connectivity index is 1.91. The van der Waals surface area contributed by atoms with Crippen LogP contribution in [-0.4, -0.2) is 36.8 Å². The number of hydrogen-bond acceptors (Lipinski definition) is 5. The van der Waals surface area contributed by atoms with E-state index in [4.69, 9.17) is 52.6 Å². The van der Waals surface area contributed by atoms with Crippen LogP contribution in [0.15, 0.2) is 54.3 Å². The van der Waals surface area contributed by atoms with Crippen molar-refractivity contribution in [3.63, 3.8) is 0 Å². The van der Waals surface area contributed by atoms with Crippen molar-refractivity contribution in [2.75, 3.05) is 13.7 Å². The summed E-state index contributed by atoms with van der Waals surface area (Å²) in [5.41, 5.74) is 0.865. The lowest BCUT2D eigenvalue weighted by Crippen LogP contribution is -2.09. The Morgan fingerprint density at radius 2 is 1.74 bits per heavy atom. The lowest BCUT2D eigenvalue weighted by Gasteiger charge is -2.09. The highest BCUT2D eigenvalue weighted by atomic mass is 35.8. The van der Waals surface area contributed by atoms with E-state index in [1.54, 1.807) is 42.5 Å². The van der Waals surface area contributed by atoms with Crippen LogP contribution in [0, 0.1) is 0 Å². The number of rotatable bonds is 11. The minimum absolute atomic E-state index is 0.228. The van der Waals surface area contributed by atoms with Gasteiger partial charge < -0.3 is 19.3 Å². The van der Waals surface area contributed by atoms with Gasteiger partial charge in [-0.15, -0.1) is 33.2 Å². The summed E-state index contributed by atoms with van der Waals surface area (Å²) in [6.45, 7) is 0.485. The average Bonchev–Trinajstić information content (AvgIpc) is 2.71. The number of unbranched alkanes of at least 4 members (excludes halogenated alkanes) is 1. The summed E-state index contributed by atoms with van der Waals surface area (Å²) in [6, 6.07) is 11.0. The maximum atomic E-state index is 12.4. The number of carboxylic acid groups (broad SMARTS) is 1. The molecule has 6 nitrogen and oxygen atoms in total. The van der Waals surface area contributed by atoms with Gasteiger partial charge in [0.1, 0.15) is 11.5 Å². The zero-order valence-electron chi connectivity index (χ0n) is 16.6. The highest BCUT2D eigenvalue weighted by Crippen LogP contribution is 2.27. The molecule has 0 amide bonds. The SMILES string of the molecule is CO/C(=C/c1cccc(OC(=O)c2ccc(OCCCC[Si](Cl)(Cl)Cl)cc2)c1)C(=O)O. The molecule has 1 N–H and O–H groups in total. The van der Waals surface area contributed by atoms with E-state index in [1.807, 2.05) is 0 Å². The van der Waals surface area contributed by atoms with E-state index >= 15 is 0 Å². The topological polar surface area (TPSA) is 82.1 Å². The van der Waals surface area contributed by atoms with Gasteiger partial charge in [0.2, 0.25) is 5.76 Å². The van der Waals surface area contributed by atoms with E-state index in [2.05, 4.69) is 0 Å². The van der Waals surface area contributed by atoms with Crippen molar-refractivity contribution in [3.05, 3.63) is 65.4 Å². The van der Waals surface area contributed by atoms with Crippen molar-refractivity contribution in [1.29, 1.82) is 0 Å². The van der Waals surface area contributed by atoms with Crippen LogP contribution in [0.5, 0.6) is 11.5 Å². The van der Waals surface area contributed by atoms with E-state index in [-0.39, 0.29) is 11.5 Å². The molecule has 0 radical (unpaired) electrons. The zero-order chi connectivity index (χ0) is 22.9. The maximum Gasteiger partial charge on any atom is 0.371 e. The third-order valence-electron chi connectivity index (χ3n) is 4.01. The van der Waals surface area contributed by atoms with Crippen LogP contribution in [0.25, 0.3) is 6.08 Å². The predicted octanol–water partition coefficient (Wildman–Crippen LogP) is 5.79. The van der Waals surface area contributed by atoms with Crippen molar-refractivity contribution in [1.82, 2.24) is 0 Å². The van der Waals surface area contributed by atoms with Crippen LogP contribution < -0.4 is 9.47 Å². The molecule has 31 heavy (non-hydrogen) atoms. The largest absolute Gasteiger partial charge is 0.494 e. The smallest absolute Gasteiger partial charge is 0.371 e. The molecule has 166 valence electrons. The van der Waals surface area contributed by atoms with Gasteiger partial charge in [0.25, 0.3) is 0 Å². The predicted molar refractivity (Wildman–Crippen MR) is 123 cm³/mol. The van der Waals surface area contributed by atoms with Crippen LogP contribution in [0.4, 0.5) is 0 Å². The van der Waals surface area contributed by atoms with E-state index in [0.717, 1.165) is 12.8 Å². The highest BCUT2D eigenvalue weighted by molar-refractivity contribution is 7.64. The number of carbonyl (C=O) groups is 2. The van der Waals surface area contributed by atoms with Gasteiger partial charge in [-0.2, -0.15) is 0 Å². The van der Waals surface area contributed by atoms with E-state index < -0.39 is 17.9 Å². The lowest BCUT2D eigenvalue weighted by molar-refractivity contribution is -0.135. The number of ether oxygens (including phenoxy) is 3. The van der Waals surface area contributed by atoms with Crippen LogP contribution in [0.3, 0.4) is 0 Å². The first kappa shape index (κ1) is 25.1. The first-order valence-corrected chi connectivity index (χ1v) is 14.5. The van der Waals surface area contributed by atoms with Crippen LogP contribution >= 0.6 is 33.2 Å². The molecule has 0 aliphatic carbocycles. The van der Waals surface area contributed by atoms with E-state index in [0.29, 0.717) is 29.5 Å². The second kappa shape index (κ2) is 12.0. The van der Waals surface area contributed by atoms with Crippen molar-refractivity contribution >= 4 is 57.3 Å². The van der Waals surface area contributed by atoms with Gasteiger partial charge in [-0.1, -0.05) is 12.1 Å². The van der Waals surface area contributed by atoms with Gasteiger partial charge in [0, 0.05) is 0 Å². The highest BCUT2D eigenvalue weighted by Gasteiger charge is 2.23. The Hall–Kier alpha value is -2.19. The third kappa shape index (κ3) is 9.22. The summed E-state index contributed by atoms with van der Waals surface area (Å²) >= 11 is 17.5.